The van der Waals surface area contributed by atoms with Crippen LogP contribution in [0.1, 0.15) is 27.2 Å². The summed E-state index contributed by atoms with van der Waals surface area (Å²) in [7, 11) is 0. The van der Waals surface area contributed by atoms with Gasteiger partial charge in [-0.05, 0) is 38.5 Å². The molecule has 1 heterocycles. The van der Waals surface area contributed by atoms with Gasteiger partial charge in [-0.2, -0.15) is 0 Å². The maximum Gasteiger partial charge on any atom is 0.259 e. The van der Waals surface area contributed by atoms with Crippen molar-refractivity contribution in [3.63, 3.8) is 0 Å². The number of amides is 1. The second kappa shape index (κ2) is 7.03. The molecule has 0 aliphatic carbocycles. The van der Waals surface area contributed by atoms with Crippen LogP contribution in [-0.2, 0) is 0 Å². The maximum absolute atomic E-state index is 12.5. The van der Waals surface area contributed by atoms with E-state index in [1.165, 1.54) is 5.56 Å². The molecular formula is C20H18ClN3O. The van der Waals surface area contributed by atoms with Crippen molar-refractivity contribution >= 4 is 23.2 Å². The van der Waals surface area contributed by atoms with Crippen molar-refractivity contribution < 1.29 is 4.79 Å². The van der Waals surface area contributed by atoms with Crippen LogP contribution in [0.3, 0.4) is 0 Å². The van der Waals surface area contributed by atoms with Gasteiger partial charge in [0.15, 0.2) is 5.82 Å². The lowest BCUT2D eigenvalue weighted by Crippen LogP contribution is -2.15. The fraction of sp³-hybridized carbons (Fsp3) is 0.150. The van der Waals surface area contributed by atoms with E-state index in [2.05, 4.69) is 15.3 Å². The fourth-order valence-electron chi connectivity index (χ4n) is 2.40. The van der Waals surface area contributed by atoms with E-state index in [-0.39, 0.29) is 5.91 Å². The first kappa shape index (κ1) is 17.1. The lowest BCUT2D eigenvalue weighted by molar-refractivity contribution is 0.102. The minimum absolute atomic E-state index is 0.257. The summed E-state index contributed by atoms with van der Waals surface area (Å²) in [4.78, 5) is 21.3. The van der Waals surface area contributed by atoms with Gasteiger partial charge in [-0.1, -0.05) is 47.5 Å². The Morgan fingerprint density at radius 1 is 1.04 bits per heavy atom. The third-order valence-electron chi connectivity index (χ3n) is 3.96. The van der Waals surface area contributed by atoms with Crippen molar-refractivity contribution in [2.45, 2.75) is 20.8 Å². The molecular weight excluding hydrogens is 334 g/mol. The number of aryl methyl sites for hydroxylation is 3. The topological polar surface area (TPSA) is 54.9 Å². The second-order valence-corrected chi connectivity index (χ2v) is 6.38. The van der Waals surface area contributed by atoms with E-state index in [0.717, 1.165) is 11.1 Å². The van der Waals surface area contributed by atoms with Crippen molar-refractivity contribution in [2.75, 3.05) is 5.32 Å². The van der Waals surface area contributed by atoms with E-state index in [4.69, 9.17) is 11.6 Å². The first-order valence-corrected chi connectivity index (χ1v) is 8.30. The van der Waals surface area contributed by atoms with Gasteiger partial charge in [0.1, 0.15) is 0 Å². The number of nitrogens with zero attached hydrogens (tertiary/aromatic N) is 2. The summed E-state index contributed by atoms with van der Waals surface area (Å²) < 4.78 is 0. The van der Waals surface area contributed by atoms with E-state index in [9.17, 15) is 4.79 Å². The van der Waals surface area contributed by atoms with Crippen LogP contribution in [0.15, 0.2) is 48.7 Å². The summed E-state index contributed by atoms with van der Waals surface area (Å²) >= 11 is 6.10. The molecule has 3 aromatic rings. The number of hydrogen-bond acceptors (Lipinski definition) is 3. The molecule has 0 aliphatic rings. The Hall–Kier alpha value is -2.72. The number of halogens is 1. The van der Waals surface area contributed by atoms with Crippen LogP contribution in [0, 0.1) is 20.8 Å². The van der Waals surface area contributed by atoms with Gasteiger partial charge in [0.25, 0.3) is 5.91 Å². The molecule has 0 saturated carbocycles. The van der Waals surface area contributed by atoms with Crippen molar-refractivity contribution in [1.82, 2.24) is 9.97 Å². The summed E-state index contributed by atoms with van der Waals surface area (Å²) in [5.74, 6) is 0.348. The van der Waals surface area contributed by atoms with E-state index in [1.807, 2.05) is 50.2 Å². The molecule has 4 nitrogen and oxygen atoms in total. The molecule has 0 bridgehead atoms. The van der Waals surface area contributed by atoms with Crippen LogP contribution in [0.4, 0.5) is 5.69 Å². The van der Waals surface area contributed by atoms with Crippen LogP contribution < -0.4 is 5.32 Å². The zero-order valence-corrected chi connectivity index (χ0v) is 15.1. The minimum Gasteiger partial charge on any atom is -0.322 e. The number of aromatic nitrogens is 2. The molecule has 0 aliphatic heterocycles. The summed E-state index contributed by atoms with van der Waals surface area (Å²) in [6.07, 6.45) is 1.56. The van der Waals surface area contributed by atoms with Gasteiger partial charge < -0.3 is 5.32 Å². The fourth-order valence-corrected chi connectivity index (χ4v) is 2.58. The Balaban J connectivity index is 1.83. The predicted molar refractivity (Wildman–Crippen MR) is 101 cm³/mol. The van der Waals surface area contributed by atoms with Gasteiger partial charge in [0, 0.05) is 22.5 Å². The molecule has 0 fully saturated rings. The van der Waals surface area contributed by atoms with Gasteiger partial charge in [-0.25, -0.2) is 9.97 Å². The normalized spacial score (nSPS) is 10.6. The van der Waals surface area contributed by atoms with Gasteiger partial charge in [0.05, 0.1) is 11.3 Å². The number of carbonyl (C=O) groups is 1. The number of anilines is 1. The Kier molecular flexibility index (Phi) is 4.81. The maximum atomic E-state index is 12.5. The number of rotatable bonds is 3. The van der Waals surface area contributed by atoms with E-state index in [1.54, 1.807) is 19.2 Å². The molecule has 1 aromatic heterocycles. The molecule has 126 valence electrons. The average Bonchev–Trinajstić information content (AvgIpc) is 2.58. The van der Waals surface area contributed by atoms with Crippen LogP contribution in [0.2, 0.25) is 5.02 Å². The molecule has 2 aromatic carbocycles. The van der Waals surface area contributed by atoms with E-state index >= 15 is 0 Å². The highest BCUT2D eigenvalue weighted by Crippen LogP contribution is 2.21. The van der Waals surface area contributed by atoms with Crippen LogP contribution in [0.25, 0.3) is 11.4 Å². The van der Waals surface area contributed by atoms with Crippen LogP contribution in [-0.4, -0.2) is 15.9 Å². The average molecular weight is 352 g/mol. The third-order valence-corrected chi connectivity index (χ3v) is 4.37. The summed E-state index contributed by atoms with van der Waals surface area (Å²) in [6.45, 7) is 5.74. The Labute approximate surface area is 151 Å². The molecule has 0 radical (unpaired) electrons. The molecule has 25 heavy (non-hydrogen) atoms. The zero-order valence-electron chi connectivity index (χ0n) is 14.3. The lowest BCUT2D eigenvalue weighted by atomic mass is 10.1. The highest BCUT2D eigenvalue weighted by atomic mass is 35.5. The quantitative estimate of drug-likeness (QED) is 0.724. The largest absolute Gasteiger partial charge is 0.322 e. The molecule has 3 rings (SSSR count). The predicted octanol–water partition coefficient (Wildman–Crippen LogP) is 4.97. The molecule has 1 amide bonds. The van der Waals surface area contributed by atoms with Gasteiger partial charge in [-0.3, -0.25) is 4.79 Å². The first-order chi connectivity index (χ1) is 11.9. The van der Waals surface area contributed by atoms with Crippen molar-refractivity contribution in [2.24, 2.45) is 0 Å². The standard InChI is InChI=1S/C20H18ClN3O/c1-12-4-7-15(8-5-12)19-22-11-17(14(3)23-19)20(25)24-16-9-6-13(2)18(21)10-16/h4-11H,1-3H3,(H,24,25). The first-order valence-electron chi connectivity index (χ1n) is 7.92. The Morgan fingerprint density at radius 2 is 1.76 bits per heavy atom. The van der Waals surface area contributed by atoms with Gasteiger partial charge >= 0.3 is 0 Å². The molecule has 5 heteroatoms. The molecule has 0 spiro atoms. The van der Waals surface area contributed by atoms with Crippen LogP contribution >= 0.6 is 11.6 Å². The number of carbonyl (C=O) groups excluding carboxylic acids is 1. The van der Waals surface area contributed by atoms with Crippen molar-refractivity contribution in [1.29, 1.82) is 0 Å². The second-order valence-electron chi connectivity index (χ2n) is 5.98. The summed E-state index contributed by atoms with van der Waals surface area (Å²) in [5.41, 5.74) is 4.76. The zero-order chi connectivity index (χ0) is 18.0. The van der Waals surface area contributed by atoms with E-state index < -0.39 is 0 Å². The monoisotopic (exact) mass is 351 g/mol. The highest BCUT2D eigenvalue weighted by molar-refractivity contribution is 6.31. The number of benzene rings is 2. The highest BCUT2D eigenvalue weighted by Gasteiger charge is 2.13. The molecule has 0 saturated heterocycles. The number of nitrogens with one attached hydrogen (secondary N) is 1. The Bertz CT molecular complexity index is 936. The summed E-state index contributed by atoms with van der Waals surface area (Å²) in [5, 5.41) is 3.44. The van der Waals surface area contributed by atoms with Crippen molar-refractivity contribution in [3.05, 3.63) is 76.1 Å². The molecule has 0 unspecified atom stereocenters. The van der Waals surface area contributed by atoms with Crippen molar-refractivity contribution in [3.8, 4) is 11.4 Å². The third kappa shape index (κ3) is 3.86. The molecule has 1 N–H and O–H groups in total. The Morgan fingerprint density at radius 3 is 2.40 bits per heavy atom. The summed E-state index contributed by atoms with van der Waals surface area (Å²) in [6, 6.07) is 13.4. The van der Waals surface area contributed by atoms with E-state index in [0.29, 0.717) is 27.8 Å². The van der Waals surface area contributed by atoms with Gasteiger partial charge in [0.2, 0.25) is 0 Å². The smallest absolute Gasteiger partial charge is 0.259 e. The van der Waals surface area contributed by atoms with Crippen LogP contribution in [0.5, 0.6) is 0 Å². The number of hydrogen-bond donors (Lipinski definition) is 1. The lowest BCUT2D eigenvalue weighted by Gasteiger charge is -2.09. The minimum atomic E-state index is -0.257. The van der Waals surface area contributed by atoms with Gasteiger partial charge in [-0.15, -0.1) is 0 Å². The SMILES string of the molecule is Cc1ccc(-c2ncc(C(=O)Nc3ccc(C)c(Cl)c3)c(C)n2)cc1. The molecule has 0 atom stereocenters.